The van der Waals surface area contributed by atoms with Gasteiger partial charge in [-0.15, -0.1) is 0 Å². The molecule has 2 aromatic carbocycles. The van der Waals surface area contributed by atoms with Gasteiger partial charge in [-0.2, -0.15) is 0 Å². The number of rotatable bonds is 4. The molecule has 0 bridgehead atoms. The van der Waals surface area contributed by atoms with Gasteiger partial charge in [-0.25, -0.2) is 0 Å². The second-order valence-electron chi connectivity index (χ2n) is 4.57. The van der Waals surface area contributed by atoms with Gasteiger partial charge >= 0.3 is 0 Å². The van der Waals surface area contributed by atoms with Crippen LogP contribution in [0.4, 0.5) is 5.69 Å². The van der Waals surface area contributed by atoms with E-state index in [1.807, 2.05) is 24.3 Å². The molecule has 1 amide bonds. The van der Waals surface area contributed by atoms with Crippen molar-refractivity contribution in [1.82, 2.24) is 0 Å². The van der Waals surface area contributed by atoms with Crippen molar-refractivity contribution in [3.8, 4) is 0 Å². The largest absolute Gasteiger partial charge is 0.409 e. The molecule has 0 fully saturated rings. The molecule has 0 saturated heterocycles. The third kappa shape index (κ3) is 3.60. The number of carbonyl (C=O) groups is 1. The Bertz CT molecular complexity index is 663. The minimum Gasteiger partial charge on any atom is -0.409 e. The summed E-state index contributed by atoms with van der Waals surface area (Å²) in [4.78, 5) is 12.2. The van der Waals surface area contributed by atoms with Crippen molar-refractivity contribution >= 4 is 17.4 Å². The van der Waals surface area contributed by atoms with E-state index < -0.39 is 0 Å². The Balaban J connectivity index is 2.16. The minimum absolute atomic E-state index is 0.0306. The molecule has 0 atom stereocenters. The molecule has 4 N–H and O–H groups in total. The molecule has 0 radical (unpaired) electrons. The summed E-state index contributed by atoms with van der Waals surface area (Å²) in [6.07, 6.45) is 0.954. The fourth-order valence-electron chi connectivity index (χ4n) is 1.90. The number of nitrogens with two attached hydrogens (primary N) is 1. The summed E-state index contributed by atoms with van der Waals surface area (Å²) in [5.74, 6) is -0.274. The summed E-state index contributed by atoms with van der Waals surface area (Å²) in [6.45, 7) is 2.08. The lowest BCUT2D eigenvalue weighted by molar-refractivity contribution is 0.102. The first-order valence-corrected chi connectivity index (χ1v) is 6.62. The fraction of sp³-hybridized carbons (Fsp3) is 0.125. The number of oxime groups is 1. The number of nitrogens with one attached hydrogen (secondary N) is 1. The van der Waals surface area contributed by atoms with E-state index >= 15 is 0 Å². The van der Waals surface area contributed by atoms with Crippen LogP contribution in [0.1, 0.15) is 28.4 Å². The predicted octanol–water partition coefficient (Wildman–Crippen LogP) is 2.60. The number of hydrogen-bond acceptors (Lipinski definition) is 3. The Morgan fingerprint density at radius 1 is 1.19 bits per heavy atom. The SMILES string of the molecule is CCc1ccc(NC(=O)c2cccc(/C(N)=N/O)c2)cc1. The number of nitrogens with zero attached hydrogens (tertiary/aromatic N) is 1. The van der Waals surface area contributed by atoms with Gasteiger partial charge in [0.1, 0.15) is 0 Å². The summed E-state index contributed by atoms with van der Waals surface area (Å²) in [7, 11) is 0. The Morgan fingerprint density at radius 2 is 1.86 bits per heavy atom. The molecule has 0 spiro atoms. The van der Waals surface area contributed by atoms with Crippen molar-refractivity contribution < 1.29 is 10.0 Å². The van der Waals surface area contributed by atoms with Gasteiger partial charge in [0.25, 0.3) is 5.91 Å². The van der Waals surface area contributed by atoms with Crippen molar-refractivity contribution in [2.24, 2.45) is 10.9 Å². The summed E-state index contributed by atoms with van der Waals surface area (Å²) in [5, 5.41) is 14.4. The number of benzene rings is 2. The molecule has 0 unspecified atom stereocenters. The molecule has 0 heterocycles. The van der Waals surface area contributed by atoms with Crippen LogP contribution in [0.2, 0.25) is 0 Å². The van der Waals surface area contributed by atoms with Crippen LogP contribution in [0.5, 0.6) is 0 Å². The maximum Gasteiger partial charge on any atom is 0.255 e. The first kappa shape index (κ1) is 14.6. The molecular weight excluding hydrogens is 266 g/mol. The van der Waals surface area contributed by atoms with Crippen molar-refractivity contribution in [2.45, 2.75) is 13.3 Å². The zero-order valence-electron chi connectivity index (χ0n) is 11.7. The van der Waals surface area contributed by atoms with Gasteiger partial charge in [-0.3, -0.25) is 4.79 Å². The Labute approximate surface area is 123 Å². The molecule has 2 rings (SSSR count). The lowest BCUT2D eigenvalue weighted by Crippen LogP contribution is -2.16. The number of anilines is 1. The number of hydrogen-bond donors (Lipinski definition) is 3. The van der Waals surface area contributed by atoms with Crippen LogP contribution in [0, 0.1) is 0 Å². The van der Waals surface area contributed by atoms with Gasteiger partial charge in [0.2, 0.25) is 0 Å². The van der Waals surface area contributed by atoms with E-state index in [1.54, 1.807) is 24.3 Å². The van der Waals surface area contributed by atoms with Gasteiger partial charge in [-0.1, -0.05) is 36.3 Å². The van der Waals surface area contributed by atoms with E-state index in [4.69, 9.17) is 10.9 Å². The number of aryl methyl sites for hydroxylation is 1. The zero-order chi connectivity index (χ0) is 15.2. The molecule has 5 nitrogen and oxygen atoms in total. The third-order valence-electron chi connectivity index (χ3n) is 3.15. The molecule has 0 aliphatic rings. The van der Waals surface area contributed by atoms with Crippen LogP contribution in [0.15, 0.2) is 53.7 Å². The van der Waals surface area contributed by atoms with Gasteiger partial charge in [-0.05, 0) is 36.2 Å². The van der Waals surface area contributed by atoms with E-state index in [0.29, 0.717) is 11.1 Å². The fourth-order valence-corrected chi connectivity index (χ4v) is 1.90. The van der Waals surface area contributed by atoms with E-state index in [0.717, 1.165) is 12.1 Å². The van der Waals surface area contributed by atoms with E-state index in [9.17, 15) is 4.79 Å². The summed E-state index contributed by atoms with van der Waals surface area (Å²) >= 11 is 0. The number of carbonyl (C=O) groups excluding carboxylic acids is 1. The molecule has 0 aromatic heterocycles. The first-order valence-electron chi connectivity index (χ1n) is 6.62. The summed E-state index contributed by atoms with van der Waals surface area (Å²) < 4.78 is 0. The standard InChI is InChI=1S/C16H17N3O2/c1-2-11-6-8-14(9-7-11)18-16(20)13-5-3-4-12(10-13)15(17)19-21/h3-10,21H,2H2,1H3,(H2,17,19)(H,18,20). The van der Waals surface area contributed by atoms with Gasteiger partial charge in [0.15, 0.2) is 5.84 Å². The highest BCUT2D eigenvalue weighted by Crippen LogP contribution is 2.12. The van der Waals surface area contributed by atoms with Crippen molar-refractivity contribution in [1.29, 1.82) is 0 Å². The Kier molecular flexibility index (Phi) is 4.56. The smallest absolute Gasteiger partial charge is 0.255 e. The van der Waals surface area contributed by atoms with E-state index in [-0.39, 0.29) is 11.7 Å². The quantitative estimate of drug-likeness (QED) is 0.349. The lowest BCUT2D eigenvalue weighted by atomic mass is 10.1. The van der Waals surface area contributed by atoms with Crippen molar-refractivity contribution in [3.63, 3.8) is 0 Å². The van der Waals surface area contributed by atoms with Crippen LogP contribution < -0.4 is 11.1 Å². The topological polar surface area (TPSA) is 87.7 Å². The monoisotopic (exact) mass is 283 g/mol. The van der Waals surface area contributed by atoms with Crippen LogP contribution >= 0.6 is 0 Å². The first-order chi connectivity index (χ1) is 10.1. The van der Waals surface area contributed by atoms with Crippen molar-refractivity contribution in [3.05, 3.63) is 65.2 Å². The lowest BCUT2D eigenvalue weighted by Gasteiger charge is -2.07. The number of amides is 1. The minimum atomic E-state index is -0.244. The Morgan fingerprint density at radius 3 is 2.48 bits per heavy atom. The third-order valence-corrected chi connectivity index (χ3v) is 3.15. The van der Waals surface area contributed by atoms with Crippen LogP contribution in [-0.2, 0) is 6.42 Å². The predicted molar refractivity (Wildman–Crippen MR) is 82.7 cm³/mol. The highest BCUT2D eigenvalue weighted by Gasteiger charge is 2.08. The van der Waals surface area contributed by atoms with Crippen molar-refractivity contribution in [2.75, 3.05) is 5.32 Å². The zero-order valence-corrected chi connectivity index (χ0v) is 11.7. The van der Waals surface area contributed by atoms with Gasteiger partial charge in [0, 0.05) is 16.8 Å². The highest BCUT2D eigenvalue weighted by molar-refractivity contribution is 6.06. The highest BCUT2D eigenvalue weighted by atomic mass is 16.4. The normalized spacial score (nSPS) is 11.2. The van der Waals surface area contributed by atoms with E-state index in [2.05, 4.69) is 17.4 Å². The maximum absolute atomic E-state index is 12.2. The maximum atomic E-state index is 12.2. The molecule has 21 heavy (non-hydrogen) atoms. The second-order valence-corrected chi connectivity index (χ2v) is 4.57. The van der Waals surface area contributed by atoms with E-state index in [1.165, 1.54) is 5.56 Å². The number of amidine groups is 1. The summed E-state index contributed by atoms with van der Waals surface area (Å²) in [5.41, 5.74) is 8.39. The van der Waals surface area contributed by atoms with Crippen LogP contribution in [-0.4, -0.2) is 17.0 Å². The van der Waals surface area contributed by atoms with Gasteiger partial charge in [0.05, 0.1) is 0 Å². The van der Waals surface area contributed by atoms with Crippen LogP contribution in [0.25, 0.3) is 0 Å². The molecule has 0 aliphatic carbocycles. The molecular formula is C16H17N3O2. The average molecular weight is 283 g/mol. The Hall–Kier alpha value is -2.82. The summed E-state index contributed by atoms with van der Waals surface area (Å²) in [6, 6.07) is 14.3. The van der Waals surface area contributed by atoms with Gasteiger partial charge < -0.3 is 16.3 Å². The molecule has 2 aromatic rings. The molecule has 5 heteroatoms. The second kappa shape index (κ2) is 6.56. The molecule has 0 saturated carbocycles. The molecule has 108 valence electrons. The van der Waals surface area contributed by atoms with Crippen LogP contribution in [0.3, 0.4) is 0 Å². The molecule has 0 aliphatic heterocycles. The average Bonchev–Trinajstić information content (AvgIpc) is 2.55.